The highest BCUT2D eigenvalue weighted by Crippen LogP contribution is 2.24. The van der Waals surface area contributed by atoms with Gasteiger partial charge in [-0.25, -0.2) is 4.52 Å². The van der Waals surface area contributed by atoms with Gasteiger partial charge in [-0.2, -0.15) is 5.10 Å². The zero-order valence-electron chi connectivity index (χ0n) is 11.8. The van der Waals surface area contributed by atoms with E-state index in [-0.39, 0.29) is 11.9 Å². The van der Waals surface area contributed by atoms with Crippen LogP contribution in [0.15, 0.2) is 30.7 Å². The highest BCUT2D eigenvalue weighted by molar-refractivity contribution is 6.30. The molecule has 0 aliphatic carbocycles. The molecular formula is C14H13ClN6O. The lowest BCUT2D eigenvalue weighted by atomic mass is 10.2. The van der Waals surface area contributed by atoms with Gasteiger partial charge in [0.05, 0.1) is 16.6 Å². The molecule has 0 fully saturated rings. The first-order valence-electron chi connectivity index (χ1n) is 6.97. The van der Waals surface area contributed by atoms with Crippen molar-refractivity contribution in [2.24, 2.45) is 0 Å². The zero-order valence-corrected chi connectivity index (χ0v) is 12.6. The topological polar surface area (TPSA) is 68.3 Å². The summed E-state index contributed by atoms with van der Waals surface area (Å²) in [6, 6.07) is 5.25. The third-order valence-corrected chi connectivity index (χ3v) is 4.20. The first kappa shape index (κ1) is 13.3. The van der Waals surface area contributed by atoms with Crippen molar-refractivity contribution in [3.05, 3.63) is 47.3 Å². The maximum absolute atomic E-state index is 12.8. The number of hydrogen-bond donors (Lipinski definition) is 0. The van der Waals surface area contributed by atoms with Gasteiger partial charge in [0.2, 0.25) is 0 Å². The second-order valence-electron chi connectivity index (χ2n) is 5.30. The standard InChI is InChI=1S/C14H13ClN6O/c1-9-13-17-16-8-19(13)4-5-20(9)14(22)12-6-11-3-2-10(15)7-21(11)18-12/h2-3,6-9H,4-5H2,1H3. The minimum absolute atomic E-state index is 0.110. The van der Waals surface area contributed by atoms with E-state index in [2.05, 4.69) is 15.3 Å². The van der Waals surface area contributed by atoms with Gasteiger partial charge in [0.25, 0.3) is 5.91 Å². The Labute approximate surface area is 131 Å². The molecule has 1 unspecified atom stereocenters. The Balaban J connectivity index is 1.68. The fourth-order valence-corrected chi connectivity index (χ4v) is 2.95. The number of rotatable bonds is 1. The fraction of sp³-hybridized carbons (Fsp3) is 0.286. The molecule has 0 bridgehead atoms. The van der Waals surface area contributed by atoms with Gasteiger partial charge in [0, 0.05) is 19.3 Å². The van der Waals surface area contributed by atoms with Crippen LogP contribution in [-0.2, 0) is 6.54 Å². The molecule has 0 N–H and O–H groups in total. The van der Waals surface area contributed by atoms with Gasteiger partial charge in [-0.1, -0.05) is 11.6 Å². The minimum atomic E-state index is -0.128. The molecule has 1 aliphatic rings. The van der Waals surface area contributed by atoms with E-state index < -0.39 is 0 Å². The largest absolute Gasteiger partial charge is 0.325 e. The number of carbonyl (C=O) groups excluding carboxylic acids is 1. The number of amides is 1. The first-order chi connectivity index (χ1) is 10.6. The Hall–Kier alpha value is -2.41. The van der Waals surface area contributed by atoms with E-state index in [1.54, 1.807) is 34.1 Å². The van der Waals surface area contributed by atoms with Crippen LogP contribution in [0.25, 0.3) is 5.52 Å². The van der Waals surface area contributed by atoms with E-state index in [9.17, 15) is 4.79 Å². The van der Waals surface area contributed by atoms with E-state index in [1.165, 1.54) is 0 Å². The molecule has 0 saturated heterocycles. The van der Waals surface area contributed by atoms with Gasteiger partial charge < -0.3 is 9.47 Å². The Morgan fingerprint density at radius 1 is 1.36 bits per heavy atom. The summed E-state index contributed by atoms with van der Waals surface area (Å²) in [5, 5.41) is 12.9. The summed E-state index contributed by atoms with van der Waals surface area (Å²) in [6.07, 6.45) is 3.38. The third-order valence-electron chi connectivity index (χ3n) is 3.97. The van der Waals surface area contributed by atoms with Crippen LogP contribution in [0.1, 0.15) is 29.3 Å². The monoisotopic (exact) mass is 316 g/mol. The Bertz CT molecular complexity index is 869. The summed E-state index contributed by atoms with van der Waals surface area (Å²) in [6.45, 7) is 3.25. The van der Waals surface area contributed by atoms with E-state index in [1.807, 2.05) is 17.6 Å². The molecule has 1 amide bonds. The van der Waals surface area contributed by atoms with Gasteiger partial charge in [-0.05, 0) is 25.1 Å². The van der Waals surface area contributed by atoms with Gasteiger partial charge in [0.1, 0.15) is 6.33 Å². The summed E-state index contributed by atoms with van der Waals surface area (Å²) in [7, 11) is 0. The molecule has 22 heavy (non-hydrogen) atoms. The van der Waals surface area contributed by atoms with Crippen LogP contribution >= 0.6 is 11.6 Å². The fourth-order valence-electron chi connectivity index (χ4n) is 2.80. The van der Waals surface area contributed by atoms with Crippen molar-refractivity contribution >= 4 is 23.0 Å². The number of fused-ring (bicyclic) bond motifs is 2. The smallest absolute Gasteiger partial charge is 0.275 e. The summed E-state index contributed by atoms with van der Waals surface area (Å²) in [4.78, 5) is 14.5. The lowest BCUT2D eigenvalue weighted by Gasteiger charge is -2.32. The van der Waals surface area contributed by atoms with Crippen molar-refractivity contribution in [1.82, 2.24) is 29.3 Å². The van der Waals surface area contributed by atoms with Gasteiger partial charge >= 0.3 is 0 Å². The maximum atomic E-state index is 12.8. The average molecular weight is 317 g/mol. The van der Waals surface area contributed by atoms with E-state index in [4.69, 9.17) is 11.6 Å². The summed E-state index contributed by atoms with van der Waals surface area (Å²) in [5.74, 6) is 0.688. The number of halogens is 1. The van der Waals surface area contributed by atoms with Crippen LogP contribution in [0, 0.1) is 0 Å². The highest BCUT2D eigenvalue weighted by Gasteiger charge is 2.31. The lowest BCUT2D eigenvalue weighted by Crippen LogP contribution is -2.41. The van der Waals surface area contributed by atoms with Gasteiger partial charge in [-0.3, -0.25) is 4.79 Å². The van der Waals surface area contributed by atoms with E-state index in [0.717, 1.165) is 11.3 Å². The van der Waals surface area contributed by atoms with Crippen molar-refractivity contribution in [3.8, 4) is 0 Å². The number of nitrogens with zero attached hydrogens (tertiary/aromatic N) is 6. The third kappa shape index (κ3) is 1.97. The molecule has 0 aromatic carbocycles. The second-order valence-corrected chi connectivity index (χ2v) is 5.74. The Kier molecular flexibility index (Phi) is 2.90. The van der Waals surface area contributed by atoms with Crippen LogP contribution in [0.4, 0.5) is 0 Å². The molecule has 112 valence electrons. The van der Waals surface area contributed by atoms with Crippen LogP contribution in [0.2, 0.25) is 5.02 Å². The molecule has 0 radical (unpaired) electrons. The summed E-state index contributed by atoms with van der Waals surface area (Å²) >= 11 is 5.95. The van der Waals surface area contributed by atoms with Crippen molar-refractivity contribution in [1.29, 1.82) is 0 Å². The number of hydrogen-bond acceptors (Lipinski definition) is 4. The normalized spacial score (nSPS) is 17.7. The quantitative estimate of drug-likeness (QED) is 0.686. The molecule has 4 rings (SSSR count). The van der Waals surface area contributed by atoms with Crippen LogP contribution in [0.3, 0.4) is 0 Å². The van der Waals surface area contributed by atoms with Crippen LogP contribution in [0.5, 0.6) is 0 Å². The molecule has 8 heteroatoms. The molecule has 0 saturated carbocycles. The molecule has 3 aromatic rings. The molecule has 4 heterocycles. The van der Waals surface area contributed by atoms with Gasteiger partial charge in [0.15, 0.2) is 11.5 Å². The van der Waals surface area contributed by atoms with Crippen LogP contribution < -0.4 is 0 Å². The van der Waals surface area contributed by atoms with Crippen molar-refractivity contribution in [2.45, 2.75) is 19.5 Å². The predicted octanol–water partition coefficient (Wildman–Crippen LogP) is 1.80. The molecular weight excluding hydrogens is 304 g/mol. The molecule has 0 spiro atoms. The first-order valence-corrected chi connectivity index (χ1v) is 7.35. The lowest BCUT2D eigenvalue weighted by molar-refractivity contribution is 0.0631. The highest BCUT2D eigenvalue weighted by atomic mass is 35.5. The Morgan fingerprint density at radius 2 is 2.23 bits per heavy atom. The molecule has 1 aliphatic heterocycles. The predicted molar refractivity (Wildman–Crippen MR) is 79.7 cm³/mol. The minimum Gasteiger partial charge on any atom is -0.325 e. The number of aromatic nitrogens is 5. The zero-order chi connectivity index (χ0) is 15.3. The SMILES string of the molecule is CC1c2nncn2CCN1C(=O)c1cc2ccc(Cl)cn2n1. The van der Waals surface area contributed by atoms with Gasteiger partial charge in [-0.15, -0.1) is 10.2 Å². The number of carbonyl (C=O) groups is 1. The van der Waals surface area contributed by atoms with Crippen LogP contribution in [-0.4, -0.2) is 41.7 Å². The van der Waals surface area contributed by atoms with E-state index >= 15 is 0 Å². The average Bonchev–Trinajstić information content (AvgIpc) is 3.12. The van der Waals surface area contributed by atoms with Crippen molar-refractivity contribution in [2.75, 3.05) is 6.54 Å². The van der Waals surface area contributed by atoms with E-state index in [0.29, 0.717) is 23.8 Å². The second kappa shape index (κ2) is 4.81. The van der Waals surface area contributed by atoms with Crippen molar-refractivity contribution in [3.63, 3.8) is 0 Å². The summed E-state index contributed by atoms with van der Waals surface area (Å²) in [5.41, 5.74) is 1.24. The number of pyridine rings is 1. The summed E-state index contributed by atoms with van der Waals surface area (Å²) < 4.78 is 3.59. The molecule has 7 nitrogen and oxygen atoms in total. The molecule has 3 aromatic heterocycles. The molecule has 1 atom stereocenters. The Morgan fingerprint density at radius 3 is 3.09 bits per heavy atom. The maximum Gasteiger partial charge on any atom is 0.275 e. The van der Waals surface area contributed by atoms with Crippen molar-refractivity contribution < 1.29 is 4.79 Å².